The van der Waals surface area contributed by atoms with Crippen LogP contribution in [0.15, 0.2) is 30.3 Å². The summed E-state index contributed by atoms with van der Waals surface area (Å²) in [7, 11) is 0. The Morgan fingerprint density at radius 3 is 2.32 bits per heavy atom. The molecule has 0 aromatic heterocycles. The minimum Gasteiger partial charge on any atom is -0.480 e. The van der Waals surface area contributed by atoms with Gasteiger partial charge in [0.1, 0.15) is 12.1 Å². The Bertz CT molecular complexity index is 642. The molecule has 0 saturated heterocycles. The molecule has 4 atom stereocenters. The molecule has 1 aromatic carbocycles. The van der Waals surface area contributed by atoms with Gasteiger partial charge in [-0.3, -0.25) is 9.59 Å². The number of carboxylic acid groups (broad SMARTS) is 1. The molecule has 0 spiro atoms. The van der Waals surface area contributed by atoms with Crippen molar-refractivity contribution in [1.82, 2.24) is 10.6 Å². The van der Waals surface area contributed by atoms with Crippen molar-refractivity contribution in [2.24, 2.45) is 11.7 Å². The lowest BCUT2D eigenvalue weighted by Crippen LogP contribution is -2.56. The predicted octanol–water partition coefficient (Wildman–Crippen LogP) is 1.41. The van der Waals surface area contributed by atoms with E-state index in [9.17, 15) is 19.5 Å². The molecule has 0 bridgehead atoms. The van der Waals surface area contributed by atoms with E-state index >= 15 is 0 Å². The molecular formula is C20H31N3O4S. The number of carbonyl (C=O) groups excluding carboxylic acids is 2. The van der Waals surface area contributed by atoms with Crippen molar-refractivity contribution >= 4 is 29.5 Å². The highest BCUT2D eigenvalue weighted by Crippen LogP contribution is 2.10. The Morgan fingerprint density at radius 1 is 1.14 bits per heavy atom. The van der Waals surface area contributed by atoms with E-state index in [1.54, 1.807) is 18.7 Å². The molecule has 1 rings (SSSR count). The molecule has 28 heavy (non-hydrogen) atoms. The van der Waals surface area contributed by atoms with Crippen LogP contribution in [-0.2, 0) is 20.8 Å². The maximum absolute atomic E-state index is 12.7. The van der Waals surface area contributed by atoms with Gasteiger partial charge >= 0.3 is 5.97 Å². The number of carboxylic acids is 1. The van der Waals surface area contributed by atoms with Crippen molar-refractivity contribution in [3.63, 3.8) is 0 Å². The first-order chi connectivity index (χ1) is 13.3. The third-order valence-corrected chi connectivity index (χ3v) is 5.30. The van der Waals surface area contributed by atoms with Crippen molar-refractivity contribution in [3.05, 3.63) is 35.9 Å². The summed E-state index contributed by atoms with van der Waals surface area (Å²) in [5.41, 5.74) is 6.93. The average molecular weight is 410 g/mol. The molecule has 156 valence electrons. The quantitative estimate of drug-likeness (QED) is 0.414. The Hall–Kier alpha value is -2.06. The fraction of sp³-hybridized carbons (Fsp3) is 0.550. The van der Waals surface area contributed by atoms with E-state index in [1.165, 1.54) is 0 Å². The summed E-state index contributed by atoms with van der Waals surface area (Å²) in [6.07, 6.45) is 3.26. The van der Waals surface area contributed by atoms with Crippen LogP contribution < -0.4 is 16.4 Å². The van der Waals surface area contributed by atoms with Gasteiger partial charge in [-0.1, -0.05) is 50.6 Å². The van der Waals surface area contributed by atoms with Crippen LogP contribution in [0.3, 0.4) is 0 Å². The van der Waals surface area contributed by atoms with Gasteiger partial charge in [-0.25, -0.2) is 4.79 Å². The van der Waals surface area contributed by atoms with Crippen LogP contribution in [0.1, 0.15) is 32.3 Å². The number of benzene rings is 1. The Labute approximate surface area is 170 Å². The number of amides is 2. The highest BCUT2D eigenvalue weighted by Gasteiger charge is 2.30. The second kappa shape index (κ2) is 12.4. The smallest absolute Gasteiger partial charge is 0.326 e. The summed E-state index contributed by atoms with van der Waals surface area (Å²) >= 11 is 1.54. The molecule has 5 N–H and O–H groups in total. The average Bonchev–Trinajstić information content (AvgIpc) is 2.68. The summed E-state index contributed by atoms with van der Waals surface area (Å²) in [5, 5.41) is 14.6. The van der Waals surface area contributed by atoms with Gasteiger partial charge in [0.2, 0.25) is 11.8 Å². The third-order valence-electron chi connectivity index (χ3n) is 4.66. The molecule has 0 aliphatic rings. The van der Waals surface area contributed by atoms with E-state index in [0.29, 0.717) is 25.0 Å². The number of thioether (sulfide) groups is 1. The first kappa shape index (κ1) is 24.0. The second-order valence-corrected chi connectivity index (χ2v) is 7.83. The number of hydrogen-bond donors (Lipinski definition) is 4. The lowest BCUT2D eigenvalue weighted by atomic mass is 9.98. The summed E-state index contributed by atoms with van der Waals surface area (Å²) in [5.74, 6) is -1.59. The molecule has 0 aliphatic heterocycles. The van der Waals surface area contributed by atoms with Gasteiger partial charge in [-0.2, -0.15) is 11.8 Å². The van der Waals surface area contributed by atoms with Crippen LogP contribution in [-0.4, -0.2) is 53.0 Å². The summed E-state index contributed by atoms with van der Waals surface area (Å²) in [6, 6.07) is 6.77. The number of hydrogen-bond acceptors (Lipinski definition) is 5. The van der Waals surface area contributed by atoms with Crippen molar-refractivity contribution in [2.45, 2.75) is 51.2 Å². The van der Waals surface area contributed by atoms with Crippen LogP contribution in [0.4, 0.5) is 0 Å². The standard InChI is InChI=1S/C20H31N3O4S/c1-4-13(2)17(20(26)27)23-19(25)16(10-11-28-3)22-18(24)15(21)12-14-8-6-5-7-9-14/h5-9,13,15-17H,4,10-12,21H2,1-3H3,(H,22,24)(H,23,25)(H,26,27)/t13-,15-,16-,17-/m0/s1. The molecule has 0 unspecified atom stereocenters. The predicted molar refractivity (Wildman–Crippen MR) is 112 cm³/mol. The Morgan fingerprint density at radius 2 is 1.79 bits per heavy atom. The zero-order valence-corrected chi connectivity index (χ0v) is 17.5. The lowest BCUT2D eigenvalue weighted by molar-refractivity contribution is -0.143. The lowest BCUT2D eigenvalue weighted by Gasteiger charge is -2.25. The van der Waals surface area contributed by atoms with E-state index in [0.717, 1.165) is 5.56 Å². The number of rotatable bonds is 12. The fourth-order valence-electron chi connectivity index (χ4n) is 2.68. The van der Waals surface area contributed by atoms with E-state index in [4.69, 9.17) is 5.73 Å². The zero-order valence-electron chi connectivity index (χ0n) is 16.7. The number of nitrogens with one attached hydrogen (secondary N) is 2. The minimum absolute atomic E-state index is 0.223. The van der Waals surface area contributed by atoms with E-state index in [1.807, 2.05) is 43.5 Å². The summed E-state index contributed by atoms with van der Waals surface area (Å²) in [4.78, 5) is 36.6. The van der Waals surface area contributed by atoms with Gasteiger partial charge < -0.3 is 21.5 Å². The molecule has 1 aromatic rings. The second-order valence-electron chi connectivity index (χ2n) is 6.85. The number of aliphatic carboxylic acids is 1. The van der Waals surface area contributed by atoms with Gasteiger partial charge in [0, 0.05) is 0 Å². The van der Waals surface area contributed by atoms with Crippen LogP contribution in [0.5, 0.6) is 0 Å². The van der Waals surface area contributed by atoms with Crippen molar-refractivity contribution in [1.29, 1.82) is 0 Å². The largest absolute Gasteiger partial charge is 0.480 e. The van der Waals surface area contributed by atoms with Gasteiger partial charge in [0.15, 0.2) is 0 Å². The van der Waals surface area contributed by atoms with Crippen molar-refractivity contribution in [3.8, 4) is 0 Å². The fourth-order valence-corrected chi connectivity index (χ4v) is 3.15. The van der Waals surface area contributed by atoms with E-state index in [2.05, 4.69) is 10.6 Å². The van der Waals surface area contributed by atoms with Gasteiger partial charge in [0.25, 0.3) is 0 Å². The van der Waals surface area contributed by atoms with Gasteiger partial charge in [-0.15, -0.1) is 0 Å². The van der Waals surface area contributed by atoms with Gasteiger partial charge in [-0.05, 0) is 36.3 Å². The summed E-state index contributed by atoms with van der Waals surface area (Å²) < 4.78 is 0. The highest BCUT2D eigenvalue weighted by atomic mass is 32.2. The van der Waals surface area contributed by atoms with Crippen molar-refractivity contribution in [2.75, 3.05) is 12.0 Å². The molecular weight excluding hydrogens is 378 g/mol. The molecule has 0 saturated carbocycles. The normalized spacial score (nSPS) is 15.1. The molecule has 2 amide bonds. The van der Waals surface area contributed by atoms with E-state index in [-0.39, 0.29) is 5.92 Å². The van der Waals surface area contributed by atoms with Crippen molar-refractivity contribution < 1.29 is 19.5 Å². The molecule has 7 nitrogen and oxygen atoms in total. The van der Waals surface area contributed by atoms with Crippen LogP contribution in [0.2, 0.25) is 0 Å². The number of nitrogens with two attached hydrogens (primary N) is 1. The highest BCUT2D eigenvalue weighted by molar-refractivity contribution is 7.98. The number of carbonyl (C=O) groups is 3. The Balaban J connectivity index is 2.78. The maximum Gasteiger partial charge on any atom is 0.326 e. The maximum atomic E-state index is 12.7. The van der Waals surface area contributed by atoms with Gasteiger partial charge in [0.05, 0.1) is 6.04 Å². The monoisotopic (exact) mass is 409 g/mol. The molecule has 0 aliphatic carbocycles. The molecule has 0 radical (unpaired) electrons. The van der Waals surface area contributed by atoms with Crippen LogP contribution in [0, 0.1) is 5.92 Å². The zero-order chi connectivity index (χ0) is 21.1. The van der Waals surface area contributed by atoms with E-state index < -0.39 is 35.9 Å². The third kappa shape index (κ3) is 7.90. The first-order valence-electron chi connectivity index (χ1n) is 9.42. The molecule has 0 fully saturated rings. The first-order valence-corrected chi connectivity index (χ1v) is 10.8. The molecule has 0 heterocycles. The van der Waals surface area contributed by atoms with Crippen LogP contribution in [0.25, 0.3) is 0 Å². The summed E-state index contributed by atoms with van der Waals surface area (Å²) in [6.45, 7) is 3.63. The van der Waals surface area contributed by atoms with Crippen LogP contribution >= 0.6 is 11.8 Å². The topological polar surface area (TPSA) is 122 Å². The molecule has 8 heteroatoms. The Kier molecular flexibility index (Phi) is 10.6. The SMILES string of the molecule is CC[C@H](C)[C@H](NC(=O)[C@H](CCSC)NC(=O)[C@@H](N)Cc1ccccc1)C(=O)O. The minimum atomic E-state index is -1.08.